The highest BCUT2D eigenvalue weighted by molar-refractivity contribution is 5.68. The number of methoxy groups -OCH3 is 1. The third-order valence-electron chi connectivity index (χ3n) is 3.50. The summed E-state index contributed by atoms with van der Waals surface area (Å²) in [6.07, 6.45) is 25.6. The predicted octanol–water partition coefficient (Wildman–Crippen LogP) is 6.14. The van der Waals surface area contributed by atoms with Crippen molar-refractivity contribution >= 4 is 5.97 Å². The van der Waals surface area contributed by atoms with E-state index in [2.05, 4.69) is 48.1 Å². The van der Waals surface area contributed by atoms with Crippen molar-refractivity contribution in [3.8, 4) is 0 Å². The minimum absolute atomic E-state index is 0.0908. The van der Waals surface area contributed by atoms with Gasteiger partial charge in [-0.15, -0.1) is 0 Å². The van der Waals surface area contributed by atoms with Crippen molar-refractivity contribution < 1.29 is 9.53 Å². The summed E-state index contributed by atoms with van der Waals surface area (Å²) in [6, 6.07) is 0. The van der Waals surface area contributed by atoms with Gasteiger partial charge in [-0.3, -0.25) is 4.79 Å². The zero-order chi connectivity index (χ0) is 16.3. The summed E-state index contributed by atoms with van der Waals surface area (Å²) >= 11 is 0. The van der Waals surface area contributed by atoms with Gasteiger partial charge in [-0.25, -0.2) is 0 Å². The molecule has 2 heteroatoms. The van der Waals surface area contributed by atoms with Crippen LogP contribution in [0.1, 0.15) is 77.6 Å². The van der Waals surface area contributed by atoms with Gasteiger partial charge in [0.15, 0.2) is 0 Å². The number of rotatable bonds is 14. The summed E-state index contributed by atoms with van der Waals surface area (Å²) in [5.41, 5.74) is 0. The molecule has 0 aromatic rings. The quantitative estimate of drug-likeness (QED) is 0.219. The van der Waals surface area contributed by atoms with E-state index in [-0.39, 0.29) is 5.97 Å². The minimum atomic E-state index is -0.0908. The fourth-order valence-corrected chi connectivity index (χ4v) is 2.09. The van der Waals surface area contributed by atoms with E-state index >= 15 is 0 Å². The lowest BCUT2D eigenvalue weighted by molar-refractivity contribution is -0.140. The number of ether oxygens (including phenoxy) is 1. The van der Waals surface area contributed by atoms with Gasteiger partial charge < -0.3 is 4.74 Å². The number of hydrogen-bond donors (Lipinski definition) is 0. The summed E-state index contributed by atoms with van der Waals surface area (Å²) in [6.45, 7) is 2.22. The maximum absolute atomic E-state index is 10.9. The van der Waals surface area contributed by atoms with E-state index in [1.165, 1.54) is 39.2 Å². The summed E-state index contributed by atoms with van der Waals surface area (Å²) in [4.78, 5) is 10.9. The SMILES string of the molecule is CCCCC=CCC=CCC=CCCCCCCC(=O)OC. The van der Waals surface area contributed by atoms with Crippen LogP contribution >= 0.6 is 0 Å². The first-order chi connectivity index (χ1) is 10.8. The van der Waals surface area contributed by atoms with Crippen LogP contribution in [0.15, 0.2) is 36.5 Å². The standard InChI is InChI=1S/C20H34O2/c1-3-4-5-6-7-8-9-10-11-12-13-14-15-16-17-18-19-20(21)22-2/h6-7,9-10,12-13H,3-5,8,11,14-19H2,1-2H3. The van der Waals surface area contributed by atoms with Crippen molar-refractivity contribution in [1.82, 2.24) is 0 Å². The predicted molar refractivity (Wildman–Crippen MR) is 95.9 cm³/mol. The average molecular weight is 306 g/mol. The van der Waals surface area contributed by atoms with Gasteiger partial charge in [-0.1, -0.05) is 69.1 Å². The highest BCUT2D eigenvalue weighted by Gasteiger charge is 1.98. The van der Waals surface area contributed by atoms with Crippen LogP contribution in [-0.4, -0.2) is 13.1 Å². The van der Waals surface area contributed by atoms with E-state index in [1.54, 1.807) is 0 Å². The Balaban J connectivity index is 3.30. The monoisotopic (exact) mass is 306 g/mol. The highest BCUT2D eigenvalue weighted by atomic mass is 16.5. The van der Waals surface area contributed by atoms with Gasteiger partial charge in [0.05, 0.1) is 7.11 Å². The number of hydrogen-bond acceptors (Lipinski definition) is 2. The fourth-order valence-electron chi connectivity index (χ4n) is 2.09. The van der Waals surface area contributed by atoms with Crippen LogP contribution in [0.3, 0.4) is 0 Å². The Morgan fingerprint density at radius 2 is 1.32 bits per heavy atom. The molecule has 126 valence electrons. The highest BCUT2D eigenvalue weighted by Crippen LogP contribution is 2.06. The number of unbranched alkanes of at least 4 members (excludes halogenated alkanes) is 6. The van der Waals surface area contributed by atoms with Crippen molar-refractivity contribution in [2.75, 3.05) is 7.11 Å². The van der Waals surface area contributed by atoms with Crippen LogP contribution in [0, 0.1) is 0 Å². The first-order valence-electron chi connectivity index (χ1n) is 8.83. The smallest absolute Gasteiger partial charge is 0.305 e. The molecule has 0 bridgehead atoms. The molecule has 0 saturated carbocycles. The molecule has 0 heterocycles. The number of esters is 1. The van der Waals surface area contributed by atoms with E-state index in [4.69, 9.17) is 0 Å². The zero-order valence-electron chi connectivity index (χ0n) is 14.6. The van der Waals surface area contributed by atoms with Gasteiger partial charge in [0, 0.05) is 6.42 Å². The molecule has 0 atom stereocenters. The maximum atomic E-state index is 10.9. The third-order valence-corrected chi connectivity index (χ3v) is 3.50. The van der Waals surface area contributed by atoms with Gasteiger partial charge in [-0.05, 0) is 38.5 Å². The Kier molecular flexibility index (Phi) is 16.7. The van der Waals surface area contributed by atoms with Gasteiger partial charge in [-0.2, -0.15) is 0 Å². The molecule has 0 aromatic carbocycles. The molecule has 0 radical (unpaired) electrons. The number of carbonyl (C=O) groups is 1. The molecule has 2 nitrogen and oxygen atoms in total. The van der Waals surface area contributed by atoms with Gasteiger partial charge >= 0.3 is 5.97 Å². The molecule has 0 N–H and O–H groups in total. The second-order valence-corrected chi connectivity index (χ2v) is 5.56. The van der Waals surface area contributed by atoms with Crippen LogP contribution in [0.5, 0.6) is 0 Å². The number of carbonyl (C=O) groups excluding carboxylic acids is 1. The molecular formula is C20H34O2. The Morgan fingerprint density at radius 3 is 1.91 bits per heavy atom. The lowest BCUT2D eigenvalue weighted by Crippen LogP contribution is -1.98. The van der Waals surface area contributed by atoms with E-state index in [1.807, 2.05) is 0 Å². The van der Waals surface area contributed by atoms with E-state index in [0.717, 1.165) is 32.1 Å². The second kappa shape index (κ2) is 17.7. The third kappa shape index (κ3) is 16.7. The summed E-state index contributed by atoms with van der Waals surface area (Å²) in [5, 5.41) is 0. The van der Waals surface area contributed by atoms with Crippen molar-refractivity contribution in [2.24, 2.45) is 0 Å². The Labute approximate surface area is 137 Å². The molecule has 22 heavy (non-hydrogen) atoms. The van der Waals surface area contributed by atoms with Crippen molar-refractivity contribution in [3.05, 3.63) is 36.5 Å². The Morgan fingerprint density at radius 1 is 0.773 bits per heavy atom. The molecule has 0 aliphatic rings. The lowest BCUT2D eigenvalue weighted by Gasteiger charge is -1.99. The zero-order valence-corrected chi connectivity index (χ0v) is 14.6. The normalized spacial score (nSPS) is 11.9. The number of allylic oxidation sites excluding steroid dienone is 6. The Hall–Kier alpha value is -1.31. The molecule has 0 aliphatic carbocycles. The first kappa shape index (κ1) is 20.7. The summed E-state index contributed by atoms with van der Waals surface area (Å²) in [5.74, 6) is -0.0908. The second-order valence-electron chi connectivity index (χ2n) is 5.56. The van der Waals surface area contributed by atoms with Crippen LogP contribution in [-0.2, 0) is 9.53 Å². The molecule has 0 aliphatic heterocycles. The van der Waals surface area contributed by atoms with Crippen LogP contribution < -0.4 is 0 Å². The topological polar surface area (TPSA) is 26.3 Å². The van der Waals surface area contributed by atoms with Crippen LogP contribution in [0.25, 0.3) is 0 Å². The van der Waals surface area contributed by atoms with Gasteiger partial charge in [0.25, 0.3) is 0 Å². The van der Waals surface area contributed by atoms with Crippen molar-refractivity contribution in [2.45, 2.75) is 77.6 Å². The van der Waals surface area contributed by atoms with Crippen LogP contribution in [0.4, 0.5) is 0 Å². The van der Waals surface area contributed by atoms with E-state index < -0.39 is 0 Å². The van der Waals surface area contributed by atoms with E-state index in [9.17, 15) is 4.79 Å². The summed E-state index contributed by atoms with van der Waals surface area (Å²) in [7, 11) is 1.45. The molecule has 0 amide bonds. The lowest BCUT2D eigenvalue weighted by atomic mass is 10.1. The maximum Gasteiger partial charge on any atom is 0.305 e. The van der Waals surface area contributed by atoms with Crippen molar-refractivity contribution in [3.63, 3.8) is 0 Å². The molecule has 0 unspecified atom stereocenters. The molecule has 0 rings (SSSR count). The van der Waals surface area contributed by atoms with Gasteiger partial charge in [0.2, 0.25) is 0 Å². The molecule has 0 fully saturated rings. The van der Waals surface area contributed by atoms with Crippen molar-refractivity contribution in [1.29, 1.82) is 0 Å². The molecule has 0 spiro atoms. The van der Waals surface area contributed by atoms with Gasteiger partial charge in [0.1, 0.15) is 0 Å². The molecule has 0 aromatic heterocycles. The fraction of sp³-hybridized carbons (Fsp3) is 0.650. The van der Waals surface area contributed by atoms with Crippen LogP contribution in [0.2, 0.25) is 0 Å². The first-order valence-corrected chi connectivity index (χ1v) is 8.83. The molecular weight excluding hydrogens is 272 g/mol. The summed E-state index contributed by atoms with van der Waals surface area (Å²) < 4.78 is 4.61. The minimum Gasteiger partial charge on any atom is -0.469 e. The Bertz CT molecular complexity index is 327. The average Bonchev–Trinajstić information content (AvgIpc) is 2.54. The largest absolute Gasteiger partial charge is 0.469 e. The van der Waals surface area contributed by atoms with E-state index in [0.29, 0.717) is 6.42 Å². The molecule has 0 saturated heterocycles.